The molecule has 1 atom stereocenters. The zero-order chi connectivity index (χ0) is 20.4. The van der Waals surface area contributed by atoms with Crippen LogP contribution in [0.5, 0.6) is 0 Å². The summed E-state index contributed by atoms with van der Waals surface area (Å²) in [6, 6.07) is 5.91. The average molecular weight is 400 g/mol. The van der Waals surface area contributed by atoms with Gasteiger partial charge < -0.3 is 15.3 Å². The maximum Gasteiger partial charge on any atom is 0.255 e. The molecule has 3 aliphatic heterocycles. The van der Waals surface area contributed by atoms with Crippen molar-refractivity contribution >= 4 is 17.7 Å². The summed E-state index contributed by atoms with van der Waals surface area (Å²) in [5, 5.41) is 14.6. The van der Waals surface area contributed by atoms with Crippen LogP contribution in [0.3, 0.4) is 0 Å². The van der Waals surface area contributed by atoms with Gasteiger partial charge in [0.05, 0.1) is 6.61 Å². The first-order valence-electron chi connectivity index (χ1n) is 10.4. The highest BCUT2D eigenvalue weighted by molar-refractivity contribution is 6.05. The molecule has 8 nitrogen and oxygen atoms in total. The van der Waals surface area contributed by atoms with E-state index < -0.39 is 6.04 Å². The standard InChI is InChI=1S/C21H28N4O4/c26-10-7-22-16-5-8-24(9-6-16)12-14-1-2-15-13-25(21(29)17(15)11-14)18-3-4-19(27)23-20(18)28/h1-2,11,16,18,22,26H,3-10,12-13H2,(H,23,27,28). The molecule has 3 heterocycles. The largest absolute Gasteiger partial charge is 0.395 e. The minimum Gasteiger partial charge on any atom is -0.395 e. The van der Waals surface area contributed by atoms with Crippen LogP contribution in [0.1, 0.15) is 47.2 Å². The molecule has 2 saturated heterocycles. The number of imide groups is 1. The van der Waals surface area contributed by atoms with E-state index in [1.54, 1.807) is 4.90 Å². The Morgan fingerprint density at radius 3 is 2.66 bits per heavy atom. The average Bonchev–Trinajstić information content (AvgIpc) is 3.03. The molecule has 0 bridgehead atoms. The van der Waals surface area contributed by atoms with E-state index in [1.807, 2.05) is 12.1 Å². The normalized spacial score (nSPS) is 23.4. The van der Waals surface area contributed by atoms with Crippen molar-refractivity contribution in [3.05, 3.63) is 34.9 Å². The van der Waals surface area contributed by atoms with E-state index in [-0.39, 0.29) is 30.7 Å². The van der Waals surface area contributed by atoms with Crippen LogP contribution in [0.15, 0.2) is 18.2 Å². The molecule has 0 spiro atoms. The van der Waals surface area contributed by atoms with E-state index in [9.17, 15) is 14.4 Å². The summed E-state index contributed by atoms with van der Waals surface area (Å²) < 4.78 is 0. The van der Waals surface area contributed by atoms with Gasteiger partial charge in [-0.25, -0.2) is 0 Å². The minimum atomic E-state index is -0.568. The van der Waals surface area contributed by atoms with Gasteiger partial charge in [0.25, 0.3) is 5.91 Å². The Morgan fingerprint density at radius 2 is 1.93 bits per heavy atom. The second-order valence-corrected chi connectivity index (χ2v) is 8.12. The molecule has 3 N–H and O–H groups in total. The van der Waals surface area contributed by atoms with E-state index in [0.29, 0.717) is 31.1 Å². The van der Waals surface area contributed by atoms with Crippen molar-refractivity contribution in [2.45, 2.75) is 50.9 Å². The van der Waals surface area contributed by atoms with Gasteiger partial charge in [-0.2, -0.15) is 0 Å². The lowest BCUT2D eigenvalue weighted by atomic mass is 10.0. The lowest BCUT2D eigenvalue weighted by molar-refractivity contribution is -0.136. The summed E-state index contributed by atoms with van der Waals surface area (Å²) >= 11 is 0. The number of benzene rings is 1. The Hall–Kier alpha value is -2.29. The fraction of sp³-hybridized carbons (Fsp3) is 0.571. The van der Waals surface area contributed by atoms with Crippen LogP contribution in [-0.2, 0) is 22.7 Å². The van der Waals surface area contributed by atoms with Gasteiger partial charge in [-0.05, 0) is 49.5 Å². The molecule has 1 aromatic rings. The molecule has 1 unspecified atom stereocenters. The van der Waals surface area contributed by atoms with Gasteiger partial charge in [-0.1, -0.05) is 12.1 Å². The molecule has 2 fully saturated rings. The highest BCUT2D eigenvalue weighted by atomic mass is 16.3. The highest BCUT2D eigenvalue weighted by Gasteiger charge is 2.39. The minimum absolute atomic E-state index is 0.122. The highest BCUT2D eigenvalue weighted by Crippen LogP contribution is 2.28. The third-order valence-electron chi connectivity index (χ3n) is 6.13. The van der Waals surface area contributed by atoms with Crippen LogP contribution in [0.2, 0.25) is 0 Å². The number of piperidine rings is 2. The van der Waals surface area contributed by atoms with Gasteiger partial charge in [0.1, 0.15) is 6.04 Å². The third-order valence-corrected chi connectivity index (χ3v) is 6.13. The Kier molecular flexibility index (Phi) is 5.94. The van der Waals surface area contributed by atoms with Crippen LogP contribution in [0.25, 0.3) is 0 Å². The van der Waals surface area contributed by atoms with Gasteiger partial charge in [0, 0.05) is 37.7 Å². The summed E-state index contributed by atoms with van der Waals surface area (Å²) in [6.07, 6.45) is 2.75. The first kappa shape index (κ1) is 20.0. The smallest absolute Gasteiger partial charge is 0.255 e. The molecule has 0 saturated carbocycles. The van der Waals surface area contributed by atoms with Crippen molar-refractivity contribution in [1.29, 1.82) is 0 Å². The predicted molar refractivity (Wildman–Crippen MR) is 106 cm³/mol. The number of hydrogen-bond acceptors (Lipinski definition) is 6. The van der Waals surface area contributed by atoms with Gasteiger partial charge in [0.15, 0.2) is 0 Å². The quantitative estimate of drug-likeness (QED) is 0.581. The molecule has 0 aliphatic carbocycles. The van der Waals surface area contributed by atoms with Gasteiger partial charge in [-0.15, -0.1) is 0 Å². The van der Waals surface area contributed by atoms with Crippen molar-refractivity contribution in [1.82, 2.24) is 20.4 Å². The molecular weight excluding hydrogens is 372 g/mol. The van der Waals surface area contributed by atoms with Gasteiger partial charge in [0.2, 0.25) is 11.8 Å². The van der Waals surface area contributed by atoms with E-state index >= 15 is 0 Å². The fourth-order valence-electron chi connectivity index (χ4n) is 4.52. The van der Waals surface area contributed by atoms with Crippen molar-refractivity contribution in [2.75, 3.05) is 26.2 Å². The number of aliphatic hydroxyl groups excluding tert-OH is 1. The Balaban J connectivity index is 1.37. The van der Waals surface area contributed by atoms with Crippen molar-refractivity contribution < 1.29 is 19.5 Å². The summed E-state index contributed by atoms with van der Waals surface area (Å²) in [6.45, 7) is 3.99. The molecule has 29 heavy (non-hydrogen) atoms. The topological polar surface area (TPSA) is 102 Å². The molecule has 0 aromatic heterocycles. The van der Waals surface area contributed by atoms with Gasteiger partial charge >= 0.3 is 0 Å². The number of carbonyl (C=O) groups is 3. The monoisotopic (exact) mass is 400 g/mol. The van der Waals surface area contributed by atoms with Crippen LogP contribution in [0, 0.1) is 0 Å². The number of hydrogen-bond donors (Lipinski definition) is 3. The van der Waals surface area contributed by atoms with E-state index in [1.165, 1.54) is 0 Å². The molecule has 156 valence electrons. The molecule has 0 radical (unpaired) electrons. The van der Waals surface area contributed by atoms with Crippen LogP contribution >= 0.6 is 0 Å². The summed E-state index contributed by atoms with van der Waals surface area (Å²) in [5.41, 5.74) is 2.71. The van der Waals surface area contributed by atoms with Crippen LogP contribution in [0.4, 0.5) is 0 Å². The number of nitrogens with zero attached hydrogens (tertiary/aromatic N) is 2. The molecule has 3 aliphatic rings. The molecule has 3 amide bonds. The van der Waals surface area contributed by atoms with Crippen molar-refractivity contribution in [2.24, 2.45) is 0 Å². The number of carbonyl (C=O) groups excluding carboxylic acids is 3. The zero-order valence-corrected chi connectivity index (χ0v) is 16.5. The lowest BCUT2D eigenvalue weighted by Crippen LogP contribution is -2.52. The number of fused-ring (bicyclic) bond motifs is 1. The van der Waals surface area contributed by atoms with E-state index in [0.717, 1.165) is 43.6 Å². The molecule has 1 aromatic carbocycles. The Labute approximate surface area is 170 Å². The van der Waals surface area contributed by atoms with Crippen molar-refractivity contribution in [3.63, 3.8) is 0 Å². The molecular formula is C21H28N4O4. The fourth-order valence-corrected chi connectivity index (χ4v) is 4.52. The second kappa shape index (κ2) is 8.61. The molecule has 4 rings (SSSR count). The number of aliphatic hydroxyl groups is 1. The summed E-state index contributed by atoms with van der Waals surface area (Å²) in [4.78, 5) is 40.4. The number of amides is 3. The summed E-state index contributed by atoms with van der Waals surface area (Å²) in [5.74, 6) is -0.767. The van der Waals surface area contributed by atoms with Crippen molar-refractivity contribution in [3.8, 4) is 0 Å². The SMILES string of the molecule is O=C1CCC(N2Cc3ccc(CN4CCC(NCCO)CC4)cc3C2=O)C(=O)N1. The van der Waals surface area contributed by atoms with Crippen LogP contribution in [-0.4, -0.2) is 71.0 Å². The maximum atomic E-state index is 12.9. The summed E-state index contributed by atoms with van der Waals surface area (Å²) in [7, 11) is 0. The lowest BCUT2D eigenvalue weighted by Gasteiger charge is -2.32. The number of nitrogens with one attached hydrogen (secondary N) is 2. The Morgan fingerprint density at radius 1 is 1.14 bits per heavy atom. The first-order chi connectivity index (χ1) is 14.0. The number of likely N-dealkylation sites (tertiary alicyclic amines) is 1. The maximum absolute atomic E-state index is 12.9. The third kappa shape index (κ3) is 4.34. The first-order valence-corrected chi connectivity index (χ1v) is 10.4. The van der Waals surface area contributed by atoms with Gasteiger partial charge in [-0.3, -0.25) is 24.6 Å². The van der Waals surface area contributed by atoms with Crippen LogP contribution < -0.4 is 10.6 Å². The number of rotatable bonds is 6. The Bertz CT molecular complexity index is 804. The second-order valence-electron chi connectivity index (χ2n) is 8.12. The predicted octanol–water partition coefficient (Wildman–Crippen LogP) is -0.00610. The molecule has 8 heteroatoms. The zero-order valence-electron chi connectivity index (χ0n) is 16.5. The van der Waals surface area contributed by atoms with E-state index in [2.05, 4.69) is 21.6 Å². The van der Waals surface area contributed by atoms with E-state index in [4.69, 9.17) is 5.11 Å².